The van der Waals surface area contributed by atoms with Crippen LogP contribution < -0.4 is 15.6 Å². The van der Waals surface area contributed by atoms with Crippen LogP contribution in [0.2, 0.25) is 0 Å². The number of benzene rings is 1. The average molecular weight is 310 g/mol. The van der Waals surface area contributed by atoms with Crippen molar-refractivity contribution in [2.45, 2.75) is 11.9 Å². The highest BCUT2D eigenvalue weighted by molar-refractivity contribution is 7.92. The van der Waals surface area contributed by atoms with E-state index in [0.29, 0.717) is 0 Å². The van der Waals surface area contributed by atoms with E-state index >= 15 is 0 Å². The smallest absolute Gasteiger partial charge is 0.283 e. The van der Waals surface area contributed by atoms with E-state index in [-0.39, 0.29) is 22.9 Å². The molecule has 1 aromatic carbocycles. The van der Waals surface area contributed by atoms with Crippen LogP contribution >= 0.6 is 0 Å². The van der Waals surface area contributed by atoms with Gasteiger partial charge in [0.15, 0.2) is 0 Å². The lowest BCUT2D eigenvalue weighted by Gasteiger charge is -2.23. The maximum atomic E-state index is 13.3. The van der Waals surface area contributed by atoms with Gasteiger partial charge in [0.1, 0.15) is 5.82 Å². The number of nitrogen functional groups attached to an aromatic ring is 1. The van der Waals surface area contributed by atoms with Crippen molar-refractivity contribution in [3.05, 3.63) is 48.4 Å². The Morgan fingerprint density at radius 3 is 2.71 bits per heavy atom. The fraction of sp³-hybridized carbons (Fsp3) is 0.154. The van der Waals surface area contributed by atoms with Crippen LogP contribution in [0.3, 0.4) is 0 Å². The molecular weight excluding hydrogens is 295 g/mol. The fourth-order valence-corrected chi connectivity index (χ4v) is 3.47. The predicted octanol–water partition coefficient (Wildman–Crippen LogP) is 1.72. The van der Waals surface area contributed by atoms with E-state index in [1.165, 1.54) is 30.5 Å². The number of nitrogens with zero attached hydrogens (tertiary/aromatic N) is 2. The summed E-state index contributed by atoms with van der Waals surface area (Å²) < 4.78 is 39.8. The molecule has 2 rings (SSSR count). The van der Waals surface area contributed by atoms with Crippen molar-refractivity contribution in [1.82, 2.24) is 4.98 Å². The molecule has 0 radical (unpaired) electrons. The molecule has 21 heavy (non-hydrogen) atoms. The standard InChI is InChI=1S/C13H15FN4O2S/c1-2-18(11-6-3-5-10(14)9-11)21(19,20)13-12(17-15)7-4-8-16-13/h3-9,17H,2,15H2,1H3. The molecule has 0 saturated heterocycles. The van der Waals surface area contributed by atoms with Crippen molar-refractivity contribution in [1.29, 1.82) is 0 Å². The van der Waals surface area contributed by atoms with E-state index < -0.39 is 15.8 Å². The first-order chi connectivity index (χ1) is 10.0. The molecule has 112 valence electrons. The zero-order chi connectivity index (χ0) is 15.5. The second kappa shape index (κ2) is 6.06. The number of nitrogens with one attached hydrogen (secondary N) is 1. The lowest BCUT2D eigenvalue weighted by atomic mass is 10.3. The lowest BCUT2D eigenvalue weighted by molar-refractivity contribution is 0.588. The number of pyridine rings is 1. The summed E-state index contributed by atoms with van der Waals surface area (Å²) in [5.74, 6) is 4.80. The number of aromatic nitrogens is 1. The molecule has 0 atom stereocenters. The minimum Gasteiger partial charge on any atom is -0.321 e. The van der Waals surface area contributed by atoms with E-state index in [0.717, 1.165) is 10.4 Å². The molecule has 1 heterocycles. The van der Waals surface area contributed by atoms with Gasteiger partial charge in [0.25, 0.3) is 10.0 Å². The summed E-state index contributed by atoms with van der Waals surface area (Å²) in [6, 6.07) is 8.43. The normalized spacial score (nSPS) is 11.2. The van der Waals surface area contributed by atoms with Gasteiger partial charge in [-0.1, -0.05) is 6.07 Å². The number of rotatable bonds is 5. The van der Waals surface area contributed by atoms with Crippen LogP contribution in [0.4, 0.5) is 15.8 Å². The third-order valence-corrected chi connectivity index (χ3v) is 4.71. The van der Waals surface area contributed by atoms with E-state index in [9.17, 15) is 12.8 Å². The Hall–Kier alpha value is -2.19. The average Bonchev–Trinajstić information content (AvgIpc) is 2.47. The van der Waals surface area contributed by atoms with Gasteiger partial charge >= 0.3 is 0 Å². The molecule has 0 amide bonds. The Bertz CT molecular complexity index is 736. The number of hydrogen-bond acceptors (Lipinski definition) is 5. The Kier molecular flexibility index (Phi) is 4.39. The molecule has 0 spiro atoms. The highest BCUT2D eigenvalue weighted by Gasteiger charge is 2.27. The van der Waals surface area contributed by atoms with Gasteiger partial charge < -0.3 is 5.43 Å². The summed E-state index contributed by atoms with van der Waals surface area (Å²) in [4.78, 5) is 3.87. The van der Waals surface area contributed by atoms with Crippen molar-refractivity contribution in [2.75, 3.05) is 16.3 Å². The molecule has 0 saturated carbocycles. The van der Waals surface area contributed by atoms with E-state index in [4.69, 9.17) is 5.84 Å². The quantitative estimate of drug-likeness (QED) is 0.648. The number of sulfonamides is 1. The minimum atomic E-state index is -3.95. The number of hydrogen-bond donors (Lipinski definition) is 2. The van der Waals surface area contributed by atoms with Crippen molar-refractivity contribution in [3.63, 3.8) is 0 Å². The van der Waals surface area contributed by atoms with Crippen LogP contribution in [-0.4, -0.2) is 19.9 Å². The van der Waals surface area contributed by atoms with Crippen LogP contribution in [0.5, 0.6) is 0 Å². The molecule has 8 heteroatoms. The monoisotopic (exact) mass is 310 g/mol. The number of halogens is 1. The Balaban J connectivity index is 2.55. The Morgan fingerprint density at radius 1 is 1.33 bits per heavy atom. The van der Waals surface area contributed by atoms with Crippen LogP contribution in [0.15, 0.2) is 47.6 Å². The van der Waals surface area contributed by atoms with Gasteiger partial charge in [0, 0.05) is 12.7 Å². The molecule has 0 bridgehead atoms. The number of nitrogens with two attached hydrogens (primary N) is 1. The number of anilines is 2. The summed E-state index contributed by atoms with van der Waals surface area (Å²) >= 11 is 0. The molecule has 2 aromatic rings. The van der Waals surface area contributed by atoms with Crippen molar-refractivity contribution in [2.24, 2.45) is 5.84 Å². The maximum absolute atomic E-state index is 13.3. The first-order valence-corrected chi connectivity index (χ1v) is 7.64. The topological polar surface area (TPSA) is 88.3 Å². The highest BCUT2D eigenvalue weighted by atomic mass is 32.2. The van der Waals surface area contributed by atoms with Gasteiger partial charge in [-0.05, 0) is 37.3 Å². The fourth-order valence-electron chi connectivity index (χ4n) is 1.93. The molecule has 0 aliphatic carbocycles. The zero-order valence-corrected chi connectivity index (χ0v) is 12.1. The van der Waals surface area contributed by atoms with Crippen molar-refractivity contribution >= 4 is 21.4 Å². The SMILES string of the molecule is CCN(c1cccc(F)c1)S(=O)(=O)c1ncccc1NN. The zero-order valence-electron chi connectivity index (χ0n) is 11.3. The second-order valence-electron chi connectivity index (χ2n) is 4.15. The van der Waals surface area contributed by atoms with Gasteiger partial charge in [0.05, 0.1) is 11.4 Å². The lowest BCUT2D eigenvalue weighted by Crippen LogP contribution is -2.32. The van der Waals surface area contributed by atoms with E-state index in [1.807, 2.05) is 0 Å². The van der Waals surface area contributed by atoms with Crippen LogP contribution in [0.1, 0.15) is 6.92 Å². The molecule has 6 nitrogen and oxygen atoms in total. The van der Waals surface area contributed by atoms with Gasteiger partial charge in [-0.3, -0.25) is 10.1 Å². The van der Waals surface area contributed by atoms with E-state index in [1.54, 1.807) is 13.0 Å². The Labute approximate surface area is 122 Å². The third kappa shape index (κ3) is 2.96. The van der Waals surface area contributed by atoms with Crippen LogP contribution in [0, 0.1) is 5.82 Å². The first-order valence-electron chi connectivity index (χ1n) is 6.20. The van der Waals surface area contributed by atoms with Gasteiger partial charge in [0.2, 0.25) is 5.03 Å². The Morgan fingerprint density at radius 2 is 2.10 bits per heavy atom. The summed E-state index contributed by atoms with van der Waals surface area (Å²) in [5.41, 5.74) is 2.70. The summed E-state index contributed by atoms with van der Waals surface area (Å²) in [5, 5.41) is -0.210. The number of hydrazine groups is 1. The molecule has 0 aliphatic rings. The van der Waals surface area contributed by atoms with Gasteiger partial charge in [-0.15, -0.1) is 0 Å². The molecular formula is C13H15FN4O2S. The van der Waals surface area contributed by atoms with Crippen molar-refractivity contribution in [3.8, 4) is 0 Å². The molecule has 0 aliphatic heterocycles. The minimum absolute atomic E-state index is 0.131. The van der Waals surface area contributed by atoms with Gasteiger partial charge in [-0.25, -0.2) is 9.37 Å². The summed E-state index contributed by atoms with van der Waals surface area (Å²) in [6.45, 7) is 1.79. The molecule has 0 unspecified atom stereocenters. The second-order valence-corrected chi connectivity index (χ2v) is 5.93. The van der Waals surface area contributed by atoms with E-state index in [2.05, 4.69) is 10.4 Å². The third-order valence-electron chi connectivity index (χ3n) is 2.84. The molecule has 3 N–H and O–H groups in total. The molecule has 0 fully saturated rings. The maximum Gasteiger partial charge on any atom is 0.283 e. The summed E-state index contributed by atoms with van der Waals surface area (Å²) in [7, 11) is -3.95. The highest BCUT2D eigenvalue weighted by Crippen LogP contribution is 2.26. The van der Waals surface area contributed by atoms with Crippen LogP contribution in [-0.2, 0) is 10.0 Å². The van der Waals surface area contributed by atoms with Crippen LogP contribution in [0.25, 0.3) is 0 Å². The van der Waals surface area contributed by atoms with Gasteiger partial charge in [-0.2, -0.15) is 8.42 Å². The largest absolute Gasteiger partial charge is 0.321 e. The predicted molar refractivity (Wildman–Crippen MR) is 78.7 cm³/mol. The first kappa shape index (κ1) is 15.2. The van der Waals surface area contributed by atoms with Crippen molar-refractivity contribution < 1.29 is 12.8 Å². The summed E-state index contributed by atoms with van der Waals surface area (Å²) in [6.07, 6.45) is 1.35. The molecule has 1 aromatic heterocycles.